The van der Waals surface area contributed by atoms with Crippen LogP contribution in [0.25, 0.3) is 0 Å². The molecule has 1 aliphatic rings. The van der Waals surface area contributed by atoms with Crippen molar-refractivity contribution in [3.05, 3.63) is 83.4 Å². The molecule has 0 radical (unpaired) electrons. The second-order valence-electron chi connectivity index (χ2n) is 7.09. The van der Waals surface area contributed by atoms with Gasteiger partial charge in [-0.3, -0.25) is 9.59 Å². The second-order valence-corrected chi connectivity index (χ2v) is 8.77. The van der Waals surface area contributed by atoms with E-state index in [2.05, 4.69) is 5.32 Å². The van der Waals surface area contributed by atoms with Crippen molar-refractivity contribution in [1.29, 1.82) is 0 Å². The number of carbonyl (C=O) groups is 2. The lowest BCUT2D eigenvalue weighted by Gasteiger charge is -2.22. The van der Waals surface area contributed by atoms with Crippen LogP contribution in [0.3, 0.4) is 0 Å². The van der Waals surface area contributed by atoms with Gasteiger partial charge in [0.2, 0.25) is 11.8 Å². The highest BCUT2D eigenvalue weighted by molar-refractivity contribution is 7.99. The Balaban J connectivity index is 1.56. The summed E-state index contributed by atoms with van der Waals surface area (Å²) in [5, 5.41) is 3.37. The Labute approximate surface area is 190 Å². The zero-order valence-corrected chi connectivity index (χ0v) is 18.5. The first-order chi connectivity index (χ1) is 15.0. The molecule has 0 spiro atoms. The highest BCUT2D eigenvalue weighted by atomic mass is 35.5. The summed E-state index contributed by atoms with van der Waals surface area (Å²) < 4.78 is 5.24. The molecule has 2 amide bonds. The van der Waals surface area contributed by atoms with Crippen LogP contribution in [0.1, 0.15) is 17.2 Å². The van der Waals surface area contributed by atoms with Gasteiger partial charge in [-0.15, -0.1) is 11.8 Å². The molecule has 0 aliphatic carbocycles. The Bertz CT molecular complexity index is 1090. The standard InChI is InChI=1S/C24H21ClN2O3S/c1-30-19-12-6-16(7-13-19)22-14-24(29)27(20-4-2-3-5-21(20)31-22)15-23(28)26-18-10-8-17(25)9-11-18/h2-13,22H,14-15H2,1H3,(H,26,28). The Hall–Kier alpha value is -2.96. The summed E-state index contributed by atoms with van der Waals surface area (Å²) in [6, 6.07) is 22.3. The Morgan fingerprint density at radius 1 is 1.10 bits per heavy atom. The Morgan fingerprint density at radius 2 is 1.81 bits per heavy atom. The predicted molar refractivity (Wildman–Crippen MR) is 125 cm³/mol. The van der Waals surface area contributed by atoms with E-state index >= 15 is 0 Å². The van der Waals surface area contributed by atoms with Crippen LogP contribution in [0.4, 0.5) is 11.4 Å². The minimum absolute atomic E-state index is 0.0520. The number of benzene rings is 3. The number of hydrogen-bond donors (Lipinski definition) is 1. The van der Waals surface area contributed by atoms with Crippen LogP contribution in [-0.2, 0) is 9.59 Å². The Kier molecular flexibility index (Phi) is 6.49. The zero-order chi connectivity index (χ0) is 21.8. The molecule has 0 saturated heterocycles. The minimum atomic E-state index is -0.265. The lowest BCUT2D eigenvalue weighted by atomic mass is 10.1. The van der Waals surface area contributed by atoms with Crippen LogP contribution in [0.15, 0.2) is 77.7 Å². The van der Waals surface area contributed by atoms with E-state index < -0.39 is 0 Å². The number of rotatable bonds is 5. The average molecular weight is 453 g/mol. The van der Waals surface area contributed by atoms with E-state index in [1.54, 1.807) is 48.0 Å². The maximum atomic E-state index is 13.2. The van der Waals surface area contributed by atoms with Crippen molar-refractivity contribution in [2.45, 2.75) is 16.6 Å². The molecule has 0 bridgehead atoms. The topological polar surface area (TPSA) is 58.6 Å². The van der Waals surface area contributed by atoms with Gasteiger partial charge in [-0.25, -0.2) is 0 Å². The van der Waals surface area contributed by atoms with Crippen LogP contribution in [-0.4, -0.2) is 25.5 Å². The summed E-state index contributed by atoms with van der Waals surface area (Å²) in [7, 11) is 1.63. The van der Waals surface area contributed by atoms with Crippen LogP contribution < -0.4 is 15.0 Å². The van der Waals surface area contributed by atoms with Gasteiger partial charge >= 0.3 is 0 Å². The number of nitrogens with zero attached hydrogens (tertiary/aromatic N) is 1. The van der Waals surface area contributed by atoms with Gasteiger partial charge in [0.05, 0.1) is 12.8 Å². The molecule has 0 fully saturated rings. The maximum absolute atomic E-state index is 13.2. The molecular weight excluding hydrogens is 432 g/mol. The lowest BCUT2D eigenvalue weighted by molar-refractivity contribution is -0.121. The number of para-hydroxylation sites is 1. The molecule has 3 aromatic rings. The first kappa shape index (κ1) is 21.3. The van der Waals surface area contributed by atoms with Gasteiger partial charge < -0.3 is 15.0 Å². The van der Waals surface area contributed by atoms with Crippen LogP contribution in [0, 0.1) is 0 Å². The summed E-state index contributed by atoms with van der Waals surface area (Å²) in [5.74, 6) is 0.414. The van der Waals surface area contributed by atoms with Crippen molar-refractivity contribution in [3.8, 4) is 5.75 Å². The summed E-state index contributed by atoms with van der Waals surface area (Å²) >= 11 is 7.54. The highest BCUT2D eigenvalue weighted by Gasteiger charge is 2.30. The van der Waals surface area contributed by atoms with Gasteiger partial charge in [-0.2, -0.15) is 0 Å². The number of anilines is 2. The number of methoxy groups -OCH3 is 1. The molecule has 0 aromatic heterocycles. The molecule has 1 atom stereocenters. The molecule has 0 saturated carbocycles. The monoisotopic (exact) mass is 452 g/mol. The predicted octanol–water partition coefficient (Wildman–Crippen LogP) is 5.56. The third kappa shape index (κ3) is 5.03. The molecule has 4 rings (SSSR count). The molecule has 1 heterocycles. The van der Waals surface area contributed by atoms with E-state index in [1.165, 1.54) is 0 Å². The van der Waals surface area contributed by atoms with Crippen LogP contribution in [0.2, 0.25) is 5.02 Å². The lowest BCUT2D eigenvalue weighted by Crippen LogP contribution is -2.38. The van der Waals surface area contributed by atoms with Crippen LogP contribution in [0.5, 0.6) is 5.75 Å². The minimum Gasteiger partial charge on any atom is -0.497 e. The van der Waals surface area contributed by atoms with Crippen molar-refractivity contribution in [1.82, 2.24) is 0 Å². The largest absolute Gasteiger partial charge is 0.497 e. The average Bonchev–Trinajstić information content (AvgIpc) is 2.92. The number of ether oxygens (including phenoxy) is 1. The summed E-state index contributed by atoms with van der Waals surface area (Å²) in [4.78, 5) is 28.4. The molecule has 3 aromatic carbocycles. The molecule has 5 nitrogen and oxygen atoms in total. The first-order valence-electron chi connectivity index (χ1n) is 9.79. The molecular formula is C24H21ClN2O3S. The fourth-order valence-corrected chi connectivity index (χ4v) is 4.84. The smallest absolute Gasteiger partial charge is 0.244 e. The molecule has 1 unspecified atom stereocenters. The van der Waals surface area contributed by atoms with E-state index in [9.17, 15) is 9.59 Å². The highest BCUT2D eigenvalue weighted by Crippen LogP contribution is 2.45. The molecule has 1 aliphatic heterocycles. The summed E-state index contributed by atoms with van der Waals surface area (Å²) in [6.45, 7) is -0.0611. The summed E-state index contributed by atoms with van der Waals surface area (Å²) in [5.41, 5.74) is 2.43. The van der Waals surface area contributed by atoms with Gasteiger partial charge in [0.1, 0.15) is 12.3 Å². The third-order valence-corrected chi connectivity index (χ3v) is 6.58. The number of fused-ring (bicyclic) bond motifs is 1. The quantitative estimate of drug-likeness (QED) is 0.550. The number of nitrogens with one attached hydrogen (secondary N) is 1. The van der Waals surface area contributed by atoms with E-state index in [1.807, 2.05) is 48.5 Å². The van der Waals surface area contributed by atoms with Gasteiger partial charge in [0.25, 0.3) is 0 Å². The van der Waals surface area contributed by atoms with Crippen molar-refractivity contribution in [2.75, 3.05) is 23.9 Å². The van der Waals surface area contributed by atoms with Crippen molar-refractivity contribution in [2.24, 2.45) is 0 Å². The molecule has 7 heteroatoms. The molecule has 31 heavy (non-hydrogen) atoms. The van der Waals surface area contributed by atoms with Crippen LogP contribution >= 0.6 is 23.4 Å². The fraction of sp³-hybridized carbons (Fsp3) is 0.167. The van der Waals surface area contributed by atoms with E-state index in [0.29, 0.717) is 17.1 Å². The van der Waals surface area contributed by atoms with E-state index in [0.717, 1.165) is 21.9 Å². The van der Waals surface area contributed by atoms with Gasteiger partial charge in [-0.1, -0.05) is 35.9 Å². The molecule has 158 valence electrons. The van der Waals surface area contributed by atoms with Crippen molar-refractivity contribution in [3.63, 3.8) is 0 Å². The number of carbonyl (C=O) groups excluding carboxylic acids is 2. The van der Waals surface area contributed by atoms with Gasteiger partial charge in [-0.05, 0) is 54.1 Å². The van der Waals surface area contributed by atoms with E-state index in [4.69, 9.17) is 16.3 Å². The number of hydrogen-bond acceptors (Lipinski definition) is 4. The van der Waals surface area contributed by atoms with E-state index in [-0.39, 0.29) is 23.6 Å². The van der Waals surface area contributed by atoms with Gasteiger partial charge in [0.15, 0.2) is 0 Å². The zero-order valence-electron chi connectivity index (χ0n) is 16.9. The SMILES string of the molecule is COc1ccc(C2CC(=O)N(CC(=O)Nc3ccc(Cl)cc3)c3ccccc3S2)cc1. The second kappa shape index (κ2) is 9.45. The number of halogens is 1. The van der Waals surface area contributed by atoms with Crippen molar-refractivity contribution < 1.29 is 14.3 Å². The van der Waals surface area contributed by atoms with Gasteiger partial charge in [0, 0.05) is 27.3 Å². The molecule has 1 N–H and O–H groups in total. The third-order valence-electron chi connectivity index (χ3n) is 5.00. The number of thioether (sulfide) groups is 1. The maximum Gasteiger partial charge on any atom is 0.244 e. The fourth-order valence-electron chi connectivity index (χ4n) is 3.43. The van der Waals surface area contributed by atoms with Crippen molar-refractivity contribution >= 4 is 46.6 Å². The number of amides is 2. The normalized spacial score (nSPS) is 15.7. The summed E-state index contributed by atoms with van der Waals surface area (Å²) in [6.07, 6.45) is 0.292. The first-order valence-corrected chi connectivity index (χ1v) is 11.0. The Morgan fingerprint density at radius 3 is 2.52 bits per heavy atom.